The molecule has 0 spiro atoms. The molecule has 1 rings (SSSR count). The fraction of sp³-hybridized carbons (Fsp3) is 0.579. The lowest BCUT2D eigenvalue weighted by molar-refractivity contribution is -0.143. The summed E-state index contributed by atoms with van der Waals surface area (Å²) in [5, 5.41) is 12.3. The van der Waals surface area contributed by atoms with E-state index in [1.54, 1.807) is 40.0 Å². The molecule has 0 unspecified atom stereocenters. The average Bonchev–Trinajstić information content (AvgIpc) is 2.57. The molecule has 1 aromatic carbocycles. The molecular weight excluding hydrogens is 354 g/mol. The van der Waals surface area contributed by atoms with Crippen LogP contribution in [0.1, 0.15) is 31.9 Å². The standard InChI is InChI=1S/C19H29NO7/c1-19(2,3)27-18(23)20-16(17(22)25-5)11-13-6-7-15(21)10-14(13)12-26-9-8-24-4/h6-7,10,16,21H,8-9,11-12H2,1-5H3,(H,20,23)/t16-/m0/s1. The van der Waals surface area contributed by atoms with Gasteiger partial charge in [0.2, 0.25) is 0 Å². The highest BCUT2D eigenvalue weighted by molar-refractivity contribution is 5.81. The topological polar surface area (TPSA) is 103 Å². The molecule has 0 aliphatic heterocycles. The minimum absolute atomic E-state index is 0.0822. The molecule has 8 heteroatoms. The molecule has 8 nitrogen and oxygen atoms in total. The predicted molar refractivity (Wildman–Crippen MR) is 98.5 cm³/mol. The van der Waals surface area contributed by atoms with E-state index in [0.717, 1.165) is 5.56 Å². The number of phenols is 1. The van der Waals surface area contributed by atoms with Gasteiger partial charge in [-0.3, -0.25) is 0 Å². The van der Waals surface area contributed by atoms with Crippen LogP contribution in [0.15, 0.2) is 18.2 Å². The summed E-state index contributed by atoms with van der Waals surface area (Å²) in [6.45, 7) is 6.26. The Morgan fingerprint density at radius 3 is 2.44 bits per heavy atom. The van der Waals surface area contributed by atoms with Crippen molar-refractivity contribution in [3.63, 3.8) is 0 Å². The number of aromatic hydroxyl groups is 1. The molecular formula is C19H29NO7. The number of carbonyl (C=O) groups excluding carboxylic acids is 2. The molecule has 0 saturated heterocycles. The van der Waals surface area contributed by atoms with Crippen LogP contribution in [0.2, 0.25) is 0 Å². The minimum Gasteiger partial charge on any atom is -0.508 e. The number of ether oxygens (including phenoxy) is 4. The summed E-state index contributed by atoms with van der Waals surface area (Å²) in [4.78, 5) is 24.1. The number of nitrogens with one attached hydrogen (secondary N) is 1. The Bertz CT molecular complexity index is 625. The van der Waals surface area contributed by atoms with E-state index in [1.807, 2.05) is 0 Å². The highest BCUT2D eigenvalue weighted by Gasteiger charge is 2.26. The summed E-state index contributed by atoms with van der Waals surface area (Å²) in [6.07, 6.45) is -0.551. The van der Waals surface area contributed by atoms with E-state index in [0.29, 0.717) is 18.8 Å². The maximum Gasteiger partial charge on any atom is 0.408 e. The van der Waals surface area contributed by atoms with Crippen LogP contribution in [0.5, 0.6) is 5.75 Å². The van der Waals surface area contributed by atoms with E-state index >= 15 is 0 Å². The number of rotatable bonds is 9. The maximum atomic E-state index is 12.1. The van der Waals surface area contributed by atoms with E-state index in [-0.39, 0.29) is 18.8 Å². The monoisotopic (exact) mass is 383 g/mol. The van der Waals surface area contributed by atoms with E-state index in [4.69, 9.17) is 18.9 Å². The third-order valence-corrected chi connectivity index (χ3v) is 3.48. The molecule has 0 heterocycles. The lowest BCUT2D eigenvalue weighted by Gasteiger charge is -2.23. The van der Waals surface area contributed by atoms with Gasteiger partial charge in [-0.15, -0.1) is 0 Å². The Kier molecular flexibility index (Phi) is 9.04. The summed E-state index contributed by atoms with van der Waals surface area (Å²) in [5.41, 5.74) is 0.742. The Balaban J connectivity index is 2.90. The molecule has 0 radical (unpaired) electrons. The Labute approximate surface area is 159 Å². The molecule has 0 aliphatic carbocycles. The molecule has 1 amide bonds. The SMILES string of the molecule is COCCOCc1cc(O)ccc1C[C@H](NC(=O)OC(C)(C)C)C(=O)OC. The first kappa shape index (κ1) is 22.7. The van der Waals surface area contributed by atoms with Crippen molar-refractivity contribution in [2.45, 2.75) is 45.4 Å². The van der Waals surface area contributed by atoms with Gasteiger partial charge in [0.15, 0.2) is 0 Å². The van der Waals surface area contributed by atoms with E-state index in [2.05, 4.69) is 5.32 Å². The van der Waals surface area contributed by atoms with Crippen LogP contribution in [0.4, 0.5) is 4.79 Å². The first-order valence-electron chi connectivity index (χ1n) is 8.61. The number of esters is 1. The highest BCUT2D eigenvalue weighted by atomic mass is 16.6. The van der Waals surface area contributed by atoms with Crippen LogP contribution in [0.3, 0.4) is 0 Å². The van der Waals surface area contributed by atoms with Gasteiger partial charge in [-0.25, -0.2) is 9.59 Å². The average molecular weight is 383 g/mol. The lowest BCUT2D eigenvalue weighted by atomic mass is 10.00. The van der Waals surface area contributed by atoms with Crippen molar-refractivity contribution in [3.05, 3.63) is 29.3 Å². The summed E-state index contributed by atoms with van der Waals surface area (Å²) >= 11 is 0. The number of hydrogen-bond donors (Lipinski definition) is 2. The van der Waals surface area contributed by atoms with Crippen LogP contribution in [0, 0.1) is 0 Å². The molecule has 0 fully saturated rings. The first-order valence-corrected chi connectivity index (χ1v) is 8.61. The van der Waals surface area contributed by atoms with Crippen molar-refractivity contribution in [2.24, 2.45) is 0 Å². The van der Waals surface area contributed by atoms with Gasteiger partial charge in [0, 0.05) is 13.5 Å². The zero-order chi connectivity index (χ0) is 20.4. The third kappa shape index (κ3) is 8.74. The van der Waals surface area contributed by atoms with Crippen molar-refractivity contribution < 1.29 is 33.6 Å². The fourth-order valence-corrected chi connectivity index (χ4v) is 2.28. The van der Waals surface area contributed by atoms with Gasteiger partial charge in [0.05, 0.1) is 26.9 Å². The van der Waals surface area contributed by atoms with Crippen molar-refractivity contribution >= 4 is 12.1 Å². The maximum absolute atomic E-state index is 12.1. The van der Waals surface area contributed by atoms with Crippen LogP contribution < -0.4 is 5.32 Å². The predicted octanol–water partition coefficient (Wildman–Crippen LogP) is 2.16. The second-order valence-electron chi connectivity index (χ2n) is 6.92. The summed E-state index contributed by atoms with van der Waals surface area (Å²) < 4.78 is 20.4. The van der Waals surface area contributed by atoms with Crippen molar-refractivity contribution in [1.29, 1.82) is 0 Å². The van der Waals surface area contributed by atoms with Gasteiger partial charge in [-0.2, -0.15) is 0 Å². The second kappa shape index (κ2) is 10.7. The highest BCUT2D eigenvalue weighted by Crippen LogP contribution is 2.20. The number of hydrogen-bond acceptors (Lipinski definition) is 7. The number of benzene rings is 1. The normalized spacial score (nSPS) is 12.3. The molecule has 1 atom stereocenters. The summed E-state index contributed by atoms with van der Waals surface area (Å²) in [7, 11) is 2.82. The molecule has 2 N–H and O–H groups in total. The second-order valence-corrected chi connectivity index (χ2v) is 6.92. The fourth-order valence-electron chi connectivity index (χ4n) is 2.28. The van der Waals surface area contributed by atoms with E-state index in [9.17, 15) is 14.7 Å². The molecule has 0 bridgehead atoms. The van der Waals surface area contributed by atoms with Gasteiger partial charge in [0.25, 0.3) is 0 Å². The quantitative estimate of drug-likeness (QED) is 0.497. The minimum atomic E-state index is -0.938. The molecule has 0 aromatic heterocycles. The van der Waals surface area contributed by atoms with Gasteiger partial charge < -0.3 is 29.4 Å². The lowest BCUT2D eigenvalue weighted by Crippen LogP contribution is -2.45. The van der Waals surface area contributed by atoms with Crippen molar-refractivity contribution in [3.8, 4) is 5.75 Å². The van der Waals surface area contributed by atoms with Gasteiger partial charge >= 0.3 is 12.1 Å². The third-order valence-electron chi connectivity index (χ3n) is 3.48. The van der Waals surface area contributed by atoms with E-state index in [1.165, 1.54) is 13.2 Å². The van der Waals surface area contributed by atoms with E-state index < -0.39 is 23.7 Å². The molecule has 0 saturated carbocycles. The van der Waals surface area contributed by atoms with Crippen molar-refractivity contribution in [2.75, 3.05) is 27.4 Å². The number of carbonyl (C=O) groups is 2. The smallest absolute Gasteiger partial charge is 0.408 e. The number of methoxy groups -OCH3 is 2. The number of alkyl carbamates (subject to hydrolysis) is 1. The van der Waals surface area contributed by atoms with Crippen LogP contribution in [-0.2, 0) is 36.8 Å². The molecule has 0 aliphatic rings. The Morgan fingerprint density at radius 2 is 1.85 bits per heavy atom. The van der Waals surface area contributed by atoms with Crippen LogP contribution in [-0.4, -0.2) is 56.2 Å². The Morgan fingerprint density at radius 1 is 1.15 bits per heavy atom. The zero-order valence-corrected chi connectivity index (χ0v) is 16.5. The van der Waals surface area contributed by atoms with Crippen molar-refractivity contribution in [1.82, 2.24) is 5.32 Å². The molecule has 27 heavy (non-hydrogen) atoms. The number of phenolic OH excluding ortho intramolecular Hbond substituents is 1. The first-order chi connectivity index (χ1) is 12.7. The largest absolute Gasteiger partial charge is 0.508 e. The number of amides is 1. The zero-order valence-electron chi connectivity index (χ0n) is 16.5. The van der Waals surface area contributed by atoms with Crippen LogP contribution in [0.25, 0.3) is 0 Å². The Hall–Kier alpha value is -2.32. The van der Waals surface area contributed by atoms with Gasteiger partial charge in [0.1, 0.15) is 17.4 Å². The van der Waals surface area contributed by atoms with Gasteiger partial charge in [-0.1, -0.05) is 6.07 Å². The summed E-state index contributed by atoms with van der Waals surface area (Å²) in [6, 6.07) is 3.81. The van der Waals surface area contributed by atoms with Crippen LogP contribution >= 0.6 is 0 Å². The molecule has 152 valence electrons. The molecule has 1 aromatic rings. The summed E-state index contributed by atoms with van der Waals surface area (Å²) in [5.74, 6) is -0.515. The van der Waals surface area contributed by atoms with Gasteiger partial charge in [-0.05, 0) is 44.0 Å².